The molecule has 5 heterocycles. The molecule has 0 saturated heterocycles. The molecule has 2 aliphatic rings. The van der Waals surface area contributed by atoms with Gasteiger partial charge in [-0.1, -0.05) is 198 Å². The molecule has 0 spiro atoms. The minimum atomic E-state index is -0.293. The first-order valence-corrected chi connectivity index (χ1v) is 27.5. The van der Waals surface area contributed by atoms with Crippen molar-refractivity contribution in [1.29, 1.82) is 0 Å². The number of allylic oxidation sites excluding steroid dienone is 1. The molecule has 3 aromatic heterocycles. The number of para-hydroxylation sites is 5. The van der Waals surface area contributed by atoms with Crippen molar-refractivity contribution in [2.75, 3.05) is 9.80 Å². The van der Waals surface area contributed by atoms with Gasteiger partial charge in [-0.05, 0) is 64.9 Å². The number of aromatic nitrogens is 1. The van der Waals surface area contributed by atoms with Crippen LogP contribution in [-0.2, 0) is 50.4 Å². The summed E-state index contributed by atoms with van der Waals surface area (Å²) in [4.78, 5) is 4.83. The van der Waals surface area contributed by atoms with Gasteiger partial charge in [-0.3, -0.25) is 12.1 Å². The fourth-order valence-corrected chi connectivity index (χ4v) is 12.6. The van der Waals surface area contributed by atoms with E-state index >= 15 is 0 Å². The Bertz CT molecular complexity index is 4850. The maximum atomic E-state index is 6.55. The van der Waals surface area contributed by atoms with E-state index in [0.29, 0.717) is 0 Å². The van der Waals surface area contributed by atoms with Crippen molar-refractivity contribution in [3.8, 4) is 16.8 Å². The average molecular weight is 1410 g/mol. The summed E-state index contributed by atoms with van der Waals surface area (Å²) in [5, 5.41) is 6.41. The molecule has 2 aliphatic heterocycles. The van der Waals surface area contributed by atoms with Gasteiger partial charge in [0.05, 0.1) is 11.0 Å². The predicted molar refractivity (Wildman–Crippen MR) is 334 cm³/mol. The topological polar surface area (TPSA) is 37.7 Å². The van der Waals surface area contributed by atoms with E-state index in [-0.39, 0.29) is 57.1 Å². The third-order valence-corrected chi connectivity index (χ3v) is 16.6. The Labute approximate surface area is 504 Å². The van der Waals surface area contributed by atoms with E-state index in [0.717, 1.165) is 139 Å². The van der Waals surface area contributed by atoms with Crippen LogP contribution in [0.3, 0.4) is 0 Å². The van der Waals surface area contributed by atoms with E-state index in [2.05, 4.69) is 251 Å². The summed E-state index contributed by atoms with van der Waals surface area (Å²) in [5.74, 6) is 0. The predicted octanol–water partition coefficient (Wildman–Crippen LogP) is 15.8. The molecular formula is C74H54BN3O2Os2. The van der Waals surface area contributed by atoms with Gasteiger partial charge in [0.15, 0.2) is 0 Å². The van der Waals surface area contributed by atoms with Gasteiger partial charge in [0.2, 0.25) is 0 Å². The number of hydrogen-bond donors (Lipinski definition) is 0. The molecule has 15 rings (SSSR count). The van der Waals surface area contributed by atoms with E-state index in [4.69, 9.17) is 8.83 Å². The van der Waals surface area contributed by atoms with Crippen LogP contribution in [0, 0.1) is 24.3 Å². The first-order valence-electron chi connectivity index (χ1n) is 27.5. The molecule has 396 valence electrons. The Hall–Kier alpha value is -8.24. The normalized spacial score (nSPS) is 13.3. The van der Waals surface area contributed by atoms with Gasteiger partial charge in [0, 0.05) is 54.8 Å². The van der Waals surface area contributed by atoms with Crippen LogP contribution < -0.4 is 36.8 Å². The Kier molecular flexibility index (Phi) is 12.8. The SMILES string of the molecule is C=C/C(c1ccc(N2c3cc4c(cc3B3c5ccc(C(C)(C)C)[c-]c5N(c5[c-]cc(-c6cccc7c6oc6ccccc67)c[c-]5)c5[c-]c(C(C)(C)C)cc2c53)c2ccccc2n4-c2ccccc2)cc1)=c1/oc2ccccc2c1=C.[Os+2].[Os+2]. The van der Waals surface area contributed by atoms with Crippen molar-refractivity contribution in [2.24, 2.45) is 0 Å². The fraction of sp³-hybridized carbons (Fsp3) is 0.108. The van der Waals surface area contributed by atoms with E-state index in [1.807, 2.05) is 36.4 Å². The number of benzene rings is 10. The summed E-state index contributed by atoms with van der Waals surface area (Å²) in [6.45, 7) is 22.2. The summed E-state index contributed by atoms with van der Waals surface area (Å²) < 4.78 is 15.5. The third-order valence-electron chi connectivity index (χ3n) is 16.6. The maximum absolute atomic E-state index is 6.55. The summed E-state index contributed by atoms with van der Waals surface area (Å²) in [5.41, 5.74) is 21.6. The van der Waals surface area contributed by atoms with Crippen molar-refractivity contribution >= 4 is 124 Å². The molecule has 0 fully saturated rings. The number of fused-ring (bicyclic) bond motifs is 11. The van der Waals surface area contributed by atoms with Crippen molar-refractivity contribution < 1.29 is 48.4 Å². The Morgan fingerprint density at radius 2 is 1.18 bits per heavy atom. The number of furan rings is 2. The van der Waals surface area contributed by atoms with Crippen LogP contribution >= 0.6 is 0 Å². The van der Waals surface area contributed by atoms with Crippen LogP contribution in [0.25, 0.3) is 83.7 Å². The van der Waals surface area contributed by atoms with E-state index in [1.54, 1.807) is 0 Å². The average Bonchev–Trinajstić information content (AvgIpc) is 1.31. The molecule has 8 heteroatoms. The van der Waals surface area contributed by atoms with Crippen LogP contribution in [0.5, 0.6) is 0 Å². The van der Waals surface area contributed by atoms with E-state index in [9.17, 15) is 0 Å². The molecule has 0 bridgehead atoms. The zero-order chi connectivity index (χ0) is 54.3. The molecule has 0 radical (unpaired) electrons. The summed E-state index contributed by atoms with van der Waals surface area (Å²) in [6, 6.07) is 83.0. The van der Waals surface area contributed by atoms with Crippen molar-refractivity contribution in [2.45, 2.75) is 52.4 Å². The molecule has 5 nitrogen and oxygen atoms in total. The maximum Gasteiger partial charge on any atom is 2.00 e. The van der Waals surface area contributed by atoms with Crippen molar-refractivity contribution in [3.05, 3.63) is 252 Å². The van der Waals surface area contributed by atoms with Crippen LogP contribution in [0.15, 0.2) is 210 Å². The summed E-state index contributed by atoms with van der Waals surface area (Å²) in [6.07, 6.45) is 1.88. The summed E-state index contributed by atoms with van der Waals surface area (Å²) >= 11 is 0. The van der Waals surface area contributed by atoms with Crippen LogP contribution in [-0.4, -0.2) is 11.3 Å². The first-order chi connectivity index (χ1) is 38.8. The summed E-state index contributed by atoms with van der Waals surface area (Å²) in [7, 11) is 0. The van der Waals surface area contributed by atoms with Gasteiger partial charge < -0.3 is 35.3 Å². The van der Waals surface area contributed by atoms with Gasteiger partial charge >= 0.3 is 39.6 Å². The molecule has 0 aliphatic carbocycles. The fourth-order valence-electron chi connectivity index (χ4n) is 12.6. The second-order valence-corrected chi connectivity index (χ2v) is 23.5. The van der Waals surface area contributed by atoms with Gasteiger partial charge in [-0.2, -0.15) is 40.9 Å². The van der Waals surface area contributed by atoms with Crippen LogP contribution in [0.2, 0.25) is 0 Å². The molecule has 82 heavy (non-hydrogen) atoms. The van der Waals surface area contributed by atoms with Gasteiger partial charge in [0.25, 0.3) is 0 Å². The Morgan fingerprint density at radius 3 is 1.89 bits per heavy atom. The number of hydrogen-bond acceptors (Lipinski definition) is 4. The van der Waals surface area contributed by atoms with E-state index in [1.165, 1.54) is 16.2 Å². The third kappa shape index (κ3) is 8.17. The number of rotatable bonds is 6. The molecule has 0 saturated carbocycles. The molecule has 0 amide bonds. The molecule has 0 unspecified atom stereocenters. The largest absolute Gasteiger partial charge is 2.00 e. The molecule has 0 N–H and O–H groups in total. The second-order valence-electron chi connectivity index (χ2n) is 23.5. The van der Waals surface area contributed by atoms with Gasteiger partial charge in [-0.15, -0.1) is 11.5 Å². The number of nitrogens with zero attached hydrogens (tertiary/aromatic N) is 3. The minimum absolute atomic E-state index is 0. The number of anilines is 6. The molecule has 10 aromatic carbocycles. The zero-order valence-electron chi connectivity index (χ0n) is 46.3. The van der Waals surface area contributed by atoms with Crippen molar-refractivity contribution in [1.82, 2.24) is 4.57 Å². The van der Waals surface area contributed by atoms with Crippen LogP contribution in [0.4, 0.5) is 34.1 Å². The smallest absolute Gasteiger partial charge is 0.458 e. The molecule has 0 atom stereocenters. The molecule has 13 aromatic rings. The standard InChI is InChI=1S/C74H54BN3O2.2Os/c1-9-53(71-45(2)54-22-14-17-28-68(54)79-71)46-30-35-52(36-31-46)78-65-44-63-59(56-23-13-16-27-62(56)76(63)50-20-11-10-12-21-50)43-61(65)75-60-39-34-48(73(3,4)5)40-64(60)77(66-41-49(74(6,7)8)42-67(78)70(66)75)51-37-32-47(33-38-51)55-25-19-26-58-57-24-15-18-29-69(57)80-72(55)58;;/h9-36,39,42-44H,1-2H2,3-8H3;;/q-4;2*+2/b71-53-;;. The van der Waals surface area contributed by atoms with Crippen molar-refractivity contribution in [3.63, 3.8) is 0 Å². The Morgan fingerprint density at radius 1 is 0.537 bits per heavy atom. The monoisotopic (exact) mass is 1410 g/mol. The minimum Gasteiger partial charge on any atom is -0.458 e. The zero-order valence-corrected chi connectivity index (χ0v) is 51.4. The van der Waals surface area contributed by atoms with E-state index < -0.39 is 0 Å². The quantitative estimate of drug-likeness (QED) is 0.123. The second kappa shape index (κ2) is 19.7. The Balaban J connectivity index is 0.00000316. The molecular weight excluding hydrogens is 1350 g/mol. The van der Waals surface area contributed by atoms with Crippen LogP contribution in [0.1, 0.15) is 58.2 Å². The van der Waals surface area contributed by atoms with Gasteiger partial charge in [-0.25, -0.2) is 11.3 Å². The van der Waals surface area contributed by atoms with Gasteiger partial charge in [0.1, 0.15) is 28.9 Å². The first kappa shape index (κ1) is 53.1.